The van der Waals surface area contributed by atoms with Gasteiger partial charge >= 0.3 is 0 Å². The second-order valence-corrected chi connectivity index (χ2v) is 19.0. The predicted molar refractivity (Wildman–Crippen MR) is 276 cm³/mol. The lowest BCUT2D eigenvalue weighted by molar-refractivity contribution is 0.717. The first-order chi connectivity index (χ1) is 34.1. The molecule has 0 bridgehead atoms. The SMILES string of the molecule is N#Cc1ccc2c(c1)c1ccccc1n2-c1ccc2c(c1)c1cc(C#N)ccc1n2-c1ccc2c(c1)C1(c3ccccc3S2)c2cccnc2-c2ncc(-n3c4ccccc4c4ccccc43)cc21. The van der Waals surface area contributed by atoms with Gasteiger partial charge in [-0.15, -0.1) is 0 Å². The van der Waals surface area contributed by atoms with Crippen molar-refractivity contribution in [2.75, 3.05) is 0 Å². The van der Waals surface area contributed by atoms with Crippen LogP contribution in [0.15, 0.2) is 210 Å². The molecule has 8 aromatic carbocycles. The van der Waals surface area contributed by atoms with Gasteiger partial charge in [-0.2, -0.15) is 10.5 Å². The van der Waals surface area contributed by atoms with Crippen LogP contribution in [0.2, 0.25) is 0 Å². The predicted octanol–water partition coefficient (Wildman–Crippen LogP) is 14.3. The minimum Gasteiger partial charge on any atom is -0.309 e. The highest BCUT2D eigenvalue weighted by Gasteiger charge is 2.52. The molecule has 69 heavy (non-hydrogen) atoms. The maximum Gasteiger partial charge on any atom is 0.0991 e. The molecule has 13 aromatic rings. The van der Waals surface area contributed by atoms with Crippen LogP contribution in [0, 0.1) is 22.7 Å². The number of fused-ring (bicyclic) bond motifs is 18. The smallest absolute Gasteiger partial charge is 0.0991 e. The summed E-state index contributed by atoms with van der Waals surface area (Å²) in [6.45, 7) is 0. The highest BCUT2D eigenvalue weighted by Crippen LogP contribution is 2.62. The van der Waals surface area contributed by atoms with Crippen LogP contribution in [-0.4, -0.2) is 23.7 Å². The molecule has 1 unspecified atom stereocenters. The van der Waals surface area contributed by atoms with Crippen molar-refractivity contribution in [1.29, 1.82) is 10.5 Å². The lowest BCUT2D eigenvalue weighted by Crippen LogP contribution is -2.32. The minimum atomic E-state index is -0.754. The van der Waals surface area contributed by atoms with Gasteiger partial charge in [0.15, 0.2) is 0 Å². The molecule has 5 aromatic heterocycles. The maximum absolute atomic E-state index is 10.3. The number of hydrogen-bond acceptors (Lipinski definition) is 5. The molecule has 15 rings (SSSR count). The third-order valence-corrected chi connectivity index (χ3v) is 15.8. The van der Waals surface area contributed by atoms with E-state index >= 15 is 0 Å². The summed E-state index contributed by atoms with van der Waals surface area (Å²) >= 11 is 1.81. The normalized spacial score (nSPS) is 14.6. The molecule has 1 atom stereocenters. The van der Waals surface area contributed by atoms with E-state index in [4.69, 9.17) is 9.97 Å². The average Bonchev–Trinajstić information content (AvgIpc) is 4.12. The van der Waals surface area contributed by atoms with E-state index in [1.807, 2.05) is 60.6 Å². The molecule has 0 amide bonds. The molecule has 0 saturated heterocycles. The number of rotatable bonds is 3. The van der Waals surface area contributed by atoms with E-state index in [1.54, 1.807) is 0 Å². The van der Waals surface area contributed by atoms with Gasteiger partial charge in [-0.3, -0.25) is 9.97 Å². The molecule has 1 aliphatic heterocycles. The van der Waals surface area contributed by atoms with Crippen molar-refractivity contribution < 1.29 is 0 Å². The highest BCUT2D eigenvalue weighted by atomic mass is 32.2. The number of pyridine rings is 2. The molecule has 6 heterocycles. The standard InChI is InChI=1S/C61H33N7S/c62-33-36-19-23-54-44(28-36)43-12-3-7-17-53(43)66(54)38-21-25-56-46(30-38)45-29-37(34-63)20-24-55(45)67(56)39-22-26-58-49(31-39)61(47-13-4-8-18-57(47)69-58)48-14-9-27-64-59(48)60-50(61)32-40(35-65-60)68-51-15-5-1-10-41(51)42-11-2-6-16-52(42)68/h1-32,35H. The topological polar surface area (TPSA) is 88.2 Å². The molecule has 0 fully saturated rings. The molecule has 0 N–H and O–H groups in total. The highest BCUT2D eigenvalue weighted by molar-refractivity contribution is 7.99. The number of nitriles is 2. The van der Waals surface area contributed by atoms with Crippen LogP contribution >= 0.6 is 11.8 Å². The summed E-state index contributed by atoms with van der Waals surface area (Å²) in [6, 6.07) is 71.4. The Morgan fingerprint density at radius 1 is 0.377 bits per heavy atom. The summed E-state index contributed by atoms with van der Waals surface area (Å²) in [5.74, 6) is 0. The van der Waals surface area contributed by atoms with Crippen LogP contribution in [0.4, 0.5) is 0 Å². The van der Waals surface area contributed by atoms with Crippen molar-refractivity contribution in [1.82, 2.24) is 23.7 Å². The summed E-state index contributed by atoms with van der Waals surface area (Å²) in [7, 11) is 0. The Morgan fingerprint density at radius 2 is 0.855 bits per heavy atom. The Kier molecular flexibility index (Phi) is 7.65. The molecule has 318 valence electrons. The molecule has 2 aliphatic rings. The Labute approximate surface area is 399 Å². The fourth-order valence-electron chi connectivity index (χ4n) is 11.9. The molecule has 0 radical (unpaired) electrons. The van der Waals surface area contributed by atoms with Crippen molar-refractivity contribution in [3.63, 3.8) is 0 Å². The maximum atomic E-state index is 10.3. The van der Waals surface area contributed by atoms with Gasteiger partial charge in [0.05, 0.1) is 85.1 Å². The third kappa shape index (κ3) is 5.00. The molecule has 0 saturated carbocycles. The number of para-hydroxylation sites is 3. The molecular formula is C61H33N7S. The van der Waals surface area contributed by atoms with Gasteiger partial charge in [0.2, 0.25) is 0 Å². The van der Waals surface area contributed by atoms with Gasteiger partial charge < -0.3 is 13.7 Å². The van der Waals surface area contributed by atoms with E-state index in [2.05, 4.69) is 177 Å². The van der Waals surface area contributed by atoms with Crippen molar-refractivity contribution >= 4 is 77.2 Å². The van der Waals surface area contributed by atoms with E-state index in [1.165, 1.54) is 31.7 Å². The van der Waals surface area contributed by atoms with E-state index in [-0.39, 0.29) is 0 Å². The summed E-state index contributed by atoms with van der Waals surface area (Å²) in [6.07, 6.45) is 3.90. The number of aromatic nitrogens is 5. The largest absolute Gasteiger partial charge is 0.309 e. The van der Waals surface area contributed by atoms with E-state index in [0.29, 0.717) is 11.1 Å². The quantitative estimate of drug-likeness (QED) is 0.176. The summed E-state index contributed by atoms with van der Waals surface area (Å²) in [5.41, 5.74) is 16.2. The lowest BCUT2D eigenvalue weighted by Gasteiger charge is -2.39. The fourth-order valence-corrected chi connectivity index (χ4v) is 13.0. The monoisotopic (exact) mass is 895 g/mol. The fraction of sp³-hybridized carbons (Fsp3) is 0.0164. The van der Waals surface area contributed by atoms with Crippen LogP contribution in [0.5, 0.6) is 0 Å². The zero-order valence-electron chi connectivity index (χ0n) is 36.6. The third-order valence-electron chi connectivity index (χ3n) is 14.6. The van der Waals surface area contributed by atoms with Gasteiger partial charge in [-0.25, -0.2) is 0 Å². The lowest BCUT2D eigenvalue weighted by atomic mass is 9.67. The molecular weight excluding hydrogens is 863 g/mol. The first kappa shape index (κ1) is 38.0. The van der Waals surface area contributed by atoms with Crippen LogP contribution in [0.3, 0.4) is 0 Å². The summed E-state index contributed by atoms with van der Waals surface area (Å²) < 4.78 is 6.99. The van der Waals surface area contributed by atoms with Crippen molar-refractivity contribution in [2.24, 2.45) is 0 Å². The molecule has 1 spiro atoms. The Balaban J connectivity index is 0.996. The van der Waals surface area contributed by atoms with Gasteiger partial charge in [-0.05, 0) is 126 Å². The van der Waals surface area contributed by atoms with Crippen molar-refractivity contribution in [3.05, 3.63) is 234 Å². The Morgan fingerprint density at radius 3 is 1.54 bits per heavy atom. The summed E-state index contributed by atoms with van der Waals surface area (Å²) in [5, 5.41) is 26.6. The number of benzene rings is 8. The van der Waals surface area contributed by atoms with Gasteiger partial charge in [-0.1, -0.05) is 90.6 Å². The zero-order chi connectivity index (χ0) is 45.5. The second-order valence-electron chi connectivity index (χ2n) is 18.0. The van der Waals surface area contributed by atoms with E-state index < -0.39 is 5.41 Å². The van der Waals surface area contributed by atoms with Crippen LogP contribution in [0.25, 0.3) is 93.9 Å². The zero-order valence-corrected chi connectivity index (χ0v) is 37.4. The number of hydrogen-bond donors (Lipinski definition) is 0. The average molecular weight is 896 g/mol. The summed E-state index contributed by atoms with van der Waals surface area (Å²) in [4.78, 5) is 12.9. The second kappa shape index (κ2) is 13.9. The first-order valence-corrected chi connectivity index (χ1v) is 23.7. The van der Waals surface area contributed by atoms with Crippen LogP contribution < -0.4 is 0 Å². The van der Waals surface area contributed by atoms with E-state index in [0.717, 1.165) is 94.2 Å². The van der Waals surface area contributed by atoms with Crippen LogP contribution in [0.1, 0.15) is 33.4 Å². The van der Waals surface area contributed by atoms with Gasteiger partial charge in [0.1, 0.15) is 0 Å². The molecule has 8 heteroatoms. The van der Waals surface area contributed by atoms with E-state index in [9.17, 15) is 10.5 Å². The van der Waals surface area contributed by atoms with Crippen molar-refractivity contribution in [2.45, 2.75) is 15.2 Å². The number of nitrogens with zero attached hydrogens (tertiary/aromatic N) is 7. The van der Waals surface area contributed by atoms with Crippen LogP contribution in [-0.2, 0) is 5.41 Å². The minimum absolute atomic E-state index is 0.600. The van der Waals surface area contributed by atoms with Gasteiger partial charge in [0, 0.05) is 65.2 Å². The van der Waals surface area contributed by atoms with Gasteiger partial charge in [0.25, 0.3) is 0 Å². The Hall–Kier alpha value is -9.21. The Bertz CT molecular complexity index is 4470. The first-order valence-electron chi connectivity index (χ1n) is 22.9. The molecule has 1 aliphatic carbocycles. The van der Waals surface area contributed by atoms with Crippen molar-refractivity contribution in [3.8, 4) is 40.6 Å². The molecule has 7 nitrogen and oxygen atoms in total.